The summed E-state index contributed by atoms with van der Waals surface area (Å²) < 4.78 is 1.43. The van der Waals surface area contributed by atoms with Crippen molar-refractivity contribution in [3.63, 3.8) is 0 Å². The highest BCUT2D eigenvalue weighted by Crippen LogP contribution is 2.06. The minimum absolute atomic E-state index is 0.290. The van der Waals surface area contributed by atoms with Crippen LogP contribution in [0, 0.1) is 11.3 Å². The number of hydrogen-bond donors (Lipinski definition) is 0. The summed E-state index contributed by atoms with van der Waals surface area (Å²) in [5.74, 6) is 0. The molecule has 0 atom stereocenters. The van der Waals surface area contributed by atoms with Crippen LogP contribution in [0.15, 0.2) is 22.1 Å². The highest BCUT2D eigenvalue weighted by atomic mass is 32.2. The highest BCUT2D eigenvalue weighted by Gasteiger charge is 1.97. The lowest BCUT2D eigenvalue weighted by molar-refractivity contribution is 0.652. The molecule has 0 radical (unpaired) electrons. The highest BCUT2D eigenvalue weighted by molar-refractivity contribution is 7.98. The minimum Gasteiger partial charge on any atom is -0.298 e. The lowest BCUT2D eigenvalue weighted by Gasteiger charge is -2.01. The summed E-state index contributed by atoms with van der Waals surface area (Å²) in [6, 6.07) is 3.75. The predicted octanol–water partition coefficient (Wildman–Crippen LogP) is 0.879. The van der Waals surface area contributed by atoms with E-state index in [4.69, 9.17) is 5.26 Å². The van der Waals surface area contributed by atoms with Crippen LogP contribution in [-0.4, -0.2) is 15.8 Å². The average Bonchev–Trinajstić information content (AvgIpc) is 2.16. The van der Waals surface area contributed by atoms with E-state index in [0.29, 0.717) is 18.0 Å². The molecule has 0 aliphatic heterocycles. The molecule has 0 aromatic carbocycles. The van der Waals surface area contributed by atoms with Crippen molar-refractivity contribution in [1.29, 1.82) is 5.26 Å². The quantitative estimate of drug-likeness (QED) is 0.530. The van der Waals surface area contributed by atoms with Crippen LogP contribution in [-0.2, 0) is 6.54 Å². The molecule has 0 fully saturated rings. The molecular formula is C8H9N3OS. The number of rotatable bonds is 3. The molecule has 0 aliphatic rings. The third kappa shape index (κ3) is 2.60. The Balaban J connectivity index is 2.87. The molecule has 0 bridgehead atoms. The number of nitrogens with zero attached hydrogens (tertiary/aromatic N) is 3. The minimum atomic E-state index is -0.290. The van der Waals surface area contributed by atoms with E-state index in [9.17, 15) is 4.79 Å². The SMILES string of the molecule is CSc1ccn(CCC#N)c(=O)n1. The molecule has 13 heavy (non-hydrogen) atoms. The van der Waals surface area contributed by atoms with E-state index in [1.807, 2.05) is 12.3 Å². The normalized spacial score (nSPS) is 9.54. The number of hydrogen-bond acceptors (Lipinski definition) is 4. The number of aryl methyl sites for hydroxylation is 1. The Hall–Kier alpha value is -1.28. The van der Waals surface area contributed by atoms with Crippen LogP contribution in [0.2, 0.25) is 0 Å². The van der Waals surface area contributed by atoms with E-state index < -0.39 is 0 Å². The second-order valence-corrected chi connectivity index (χ2v) is 3.18. The molecule has 1 aromatic heterocycles. The maximum atomic E-state index is 11.2. The van der Waals surface area contributed by atoms with Crippen molar-refractivity contribution >= 4 is 11.8 Å². The summed E-state index contributed by atoms with van der Waals surface area (Å²) in [7, 11) is 0. The first-order valence-corrected chi connectivity index (χ1v) is 4.99. The molecular weight excluding hydrogens is 186 g/mol. The van der Waals surface area contributed by atoms with Gasteiger partial charge in [0, 0.05) is 12.7 Å². The summed E-state index contributed by atoms with van der Waals surface area (Å²) >= 11 is 1.43. The second-order valence-electron chi connectivity index (χ2n) is 2.35. The maximum Gasteiger partial charge on any atom is 0.348 e. The fourth-order valence-electron chi connectivity index (χ4n) is 0.868. The molecule has 0 spiro atoms. The lowest BCUT2D eigenvalue weighted by Crippen LogP contribution is -2.22. The van der Waals surface area contributed by atoms with Crippen LogP contribution in [0.5, 0.6) is 0 Å². The summed E-state index contributed by atoms with van der Waals surface area (Å²) in [5, 5.41) is 9.04. The Labute approximate surface area is 80.2 Å². The van der Waals surface area contributed by atoms with Gasteiger partial charge in [0.05, 0.1) is 12.5 Å². The molecule has 0 saturated carbocycles. The first-order chi connectivity index (χ1) is 6.27. The zero-order valence-corrected chi connectivity index (χ0v) is 8.04. The van der Waals surface area contributed by atoms with Crippen LogP contribution >= 0.6 is 11.8 Å². The van der Waals surface area contributed by atoms with E-state index in [0.717, 1.165) is 0 Å². The molecule has 68 valence electrons. The van der Waals surface area contributed by atoms with E-state index in [1.54, 1.807) is 12.3 Å². The first-order valence-electron chi connectivity index (χ1n) is 3.76. The van der Waals surface area contributed by atoms with Gasteiger partial charge in [-0.2, -0.15) is 10.2 Å². The molecule has 4 nitrogen and oxygen atoms in total. The van der Waals surface area contributed by atoms with Gasteiger partial charge in [-0.15, -0.1) is 11.8 Å². The Bertz CT molecular complexity index is 380. The number of nitriles is 1. The average molecular weight is 195 g/mol. The third-order valence-corrected chi connectivity index (χ3v) is 2.17. The van der Waals surface area contributed by atoms with Crippen molar-refractivity contribution in [2.45, 2.75) is 18.0 Å². The second kappa shape index (κ2) is 4.67. The molecule has 5 heteroatoms. The van der Waals surface area contributed by atoms with Gasteiger partial charge in [-0.3, -0.25) is 4.57 Å². The summed E-state index contributed by atoms with van der Waals surface area (Å²) in [4.78, 5) is 15.0. The molecule has 0 saturated heterocycles. The van der Waals surface area contributed by atoms with Crippen LogP contribution in [0.3, 0.4) is 0 Å². The predicted molar refractivity (Wildman–Crippen MR) is 50.5 cm³/mol. The Morgan fingerprint density at radius 1 is 1.77 bits per heavy atom. The monoisotopic (exact) mass is 195 g/mol. The van der Waals surface area contributed by atoms with Crippen molar-refractivity contribution in [3.8, 4) is 6.07 Å². The molecule has 0 aliphatic carbocycles. The molecule has 0 N–H and O–H groups in total. The largest absolute Gasteiger partial charge is 0.348 e. The topological polar surface area (TPSA) is 58.7 Å². The molecule has 1 aromatic rings. The number of aromatic nitrogens is 2. The van der Waals surface area contributed by atoms with Gasteiger partial charge in [-0.25, -0.2) is 4.79 Å². The van der Waals surface area contributed by atoms with E-state index in [2.05, 4.69) is 4.98 Å². The lowest BCUT2D eigenvalue weighted by atomic mass is 10.4. The van der Waals surface area contributed by atoms with Gasteiger partial charge in [0.2, 0.25) is 0 Å². The maximum absolute atomic E-state index is 11.2. The van der Waals surface area contributed by atoms with Crippen LogP contribution in [0.1, 0.15) is 6.42 Å². The Kier molecular flexibility index (Phi) is 3.53. The summed E-state index contributed by atoms with van der Waals surface area (Å²) in [6.07, 6.45) is 3.86. The van der Waals surface area contributed by atoms with E-state index >= 15 is 0 Å². The zero-order valence-electron chi connectivity index (χ0n) is 7.23. The van der Waals surface area contributed by atoms with Gasteiger partial charge in [-0.1, -0.05) is 0 Å². The van der Waals surface area contributed by atoms with Crippen LogP contribution < -0.4 is 5.69 Å². The van der Waals surface area contributed by atoms with Gasteiger partial charge in [0.15, 0.2) is 0 Å². The smallest absolute Gasteiger partial charge is 0.298 e. The van der Waals surface area contributed by atoms with Crippen molar-refractivity contribution in [1.82, 2.24) is 9.55 Å². The van der Waals surface area contributed by atoms with Crippen LogP contribution in [0.25, 0.3) is 0 Å². The molecule has 1 heterocycles. The van der Waals surface area contributed by atoms with Crippen molar-refractivity contribution in [2.24, 2.45) is 0 Å². The van der Waals surface area contributed by atoms with E-state index in [-0.39, 0.29) is 5.69 Å². The molecule has 1 rings (SSSR count). The van der Waals surface area contributed by atoms with Gasteiger partial charge < -0.3 is 0 Å². The standard InChI is InChI=1S/C8H9N3OS/c1-13-7-3-6-11(5-2-4-9)8(12)10-7/h3,6H,2,5H2,1H3. The van der Waals surface area contributed by atoms with Gasteiger partial charge in [-0.05, 0) is 12.3 Å². The third-order valence-electron chi connectivity index (χ3n) is 1.52. The fraction of sp³-hybridized carbons (Fsp3) is 0.375. The summed E-state index contributed by atoms with van der Waals surface area (Å²) in [6.45, 7) is 0.414. The van der Waals surface area contributed by atoms with Crippen molar-refractivity contribution in [2.75, 3.05) is 6.26 Å². The fourth-order valence-corrected chi connectivity index (χ4v) is 1.23. The zero-order chi connectivity index (χ0) is 9.68. The van der Waals surface area contributed by atoms with Crippen molar-refractivity contribution < 1.29 is 0 Å². The van der Waals surface area contributed by atoms with Crippen molar-refractivity contribution in [3.05, 3.63) is 22.7 Å². The van der Waals surface area contributed by atoms with Gasteiger partial charge >= 0.3 is 5.69 Å². The Morgan fingerprint density at radius 2 is 2.54 bits per heavy atom. The molecule has 0 amide bonds. The van der Waals surface area contributed by atoms with Crippen LogP contribution in [0.4, 0.5) is 0 Å². The first kappa shape index (κ1) is 9.81. The molecule has 0 unspecified atom stereocenters. The van der Waals surface area contributed by atoms with E-state index in [1.165, 1.54) is 16.3 Å². The number of thioether (sulfide) groups is 1. The summed E-state index contributed by atoms with van der Waals surface area (Å²) in [5.41, 5.74) is -0.290. The van der Waals surface area contributed by atoms with Gasteiger partial charge in [0.25, 0.3) is 0 Å². The van der Waals surface area contributed by atoms with Gasteiger partial charge in [0.1, 0.15) is 5.03 Å². The Morgan fingerprint density at radius 3 is 3.08 bits per heavy atom.